The van der Waals surface area contributed by atoms with Gasteiger partial charge in [0.2, 0.25) is 11.7 Å². The summed E-state index contributed by atoms with van der Waals surface area (Å²) in [5, 5.41) is 26.3. The lowest BCUT2D eigenvalue weighted by atomic mass is 10.0. The fourth-order valence-electron chi connectivity index (χ4n) is 3.61. The Bertz CT molecular complexity index is 1460. The molecular formula is C22H15ClN2O4S2. The second-order valence-electron chi connectivity index (χ2n) is 6.98. The highest BCUT2D eigenvalue weighted by Crippen LogP contribution is 2.46. The monoisotopic (exact) mass is 470 g/mol. The van der Waals surface area contributed by atoms with Crippen LogP contribution in [0.4, 0.5) is 0 Å². The van der Waals surface area contributed by atoms with E-state index in [4.69, 9.17) is 16.0 Å². The molecule has 0 radical (unpaired) electrons. The van der Waals surface area contributed by atoms with Crippen molar-refractivity contribution in [2.24, 2.45) is 0 Å². The van der Waals surface area contributed by atoms with E-state index >= 15 is 0 Å². The van der Waals surface area contributed by atoms with Gasteiger partial charge in [-0.25, -0.2) is 4.98 Å². The molecule has 2 N–H and O–H groups in total. The van der Waals surface area contributed by atoms with Crippen LogP contribution in [-0.2, 0) is 0 Å². The minimum atomic E-state index is -0.505. The van der Waals surface area contributed by atoms with Crippen molar-refractivity contribution < 1.29 is 19.4 Å². The van der Waals surface area contributed by atoms with Crippen LogP contribution < -0.4 is 0 Å². The third kappa shape index (κ3) is 3.06. The Morgan fingerprint density at radius 2 is 2.03 bits per heavy atom. The van der Waals surface area contributed by atoms with Gasteiger partial charge in [-0.15, -0.1) is 0 Å². The zero-order chi connectivity index (χ0) is 21.9. The lowest BCUT2D eigenvalue weighted by Crippen LogP contribution is -2.04. The summed E-state index contributed by atoms with van der Waals surface area (Å²) in [6, 6.07) is 8.87. The van der Waals surface area contributed by atoms with Gasteiger partial charge in [0.05, 0.1) is 26.5 Å². The molecule has 0 spiro atoms. The third-order valence-electron chi connectivity index (χ3n) is 4.98. The van der Waals surface area contributed by atoms with E-state index in [0.29, 0.717) is 44.0 Å². The highest BCUT2D eigenvalue weighted by molar-refractivity contribution is 7.21. The van der Waals surface area contributed by atoms with E-state index < -0.39 is 17.4 Å². The van der Waals surface area contributed by atoms with Crippen molar-refractivity contribution in [3.8, 4) is 28.0 Å². The van der Waals surface area contributed by atoms with Gasteiger partial charge in [-0.2, -0.15) is 11.3 Å². The number of aromatic hydroxyl groups is 2. The van der Waals surface area contributed by atoms with Crippen LogP contribution in [0, 0.1) is 13.8 Å². The number of benzene rings is 1. The lowest BCUT2D eigenvalue weighted by Gasteiger charge is -2.07. The van der Waals surface area contributed by atoms with Crippen molar-refractivity contribution in [3.05, 3.63) is 68.8 Å². The van der Waals surface area contributed by atoms with Crippen LogP contribution in [0.3, 0.4) is 0 Å². The Kier molecular flexibility index (Phi) is 4.65. The van der Waals surface area contributed by atoms with Crippen LogP contribution in [-0.4, -0.2) is 25.5 Å². The molecule has 156 valence electrons. The molecule has 9 heteroatoms. The van der Waals surface area contributed by atoms with Gasteiger partial charge in [-0.1, -0.05) is 29.0 Å². The van der Waals surface area contributed by atoms with E-state index in [1.807, 2.05) is 29.0 Å². The Morgan fingerprint density at radius 1 is 1.23 bits per heavy atom. The zero-order valence-electron chi connectivity index (χ0n) is 16.3. The quantitative estimate of drug-likeness (QED) is 0.300. The van der Waals surface area contributed by atoms with Gasteiger partial charge >= 0.3 is 0 Å². The Morgan fingerprint density at radius 3 is 2.68 bits per heavy atom. The first kappa shape index (κ1) is 19.9. The highest BCUT2D eigenvalue weighted by Gasteiger charge is 2.32. The molecule has 4 aromatic heterocycles. The average molecular weight is 471 g/mol. The number of carbonyl (C=O) groups excluding carboxylic acids is 1. The maximum absolute atomic E-state index is 13.5. The van der Waals surface area contributed by atoms with E-state index in [0.717, 1.165) is 4.70 Å². The zero-order valence-corrected chi connectivity index (χ0v) is 18.7. The van der Waals surface area contributed by atoms with Gasteiger partial charge in [0.15, 0.2) is 10.9 Å². The van der Waals surface area contributed by atoms with Crippen LogP contribution in [0.2, 0.25) is 5.02 Å². The summed E-state index contributed by atoms with van der Waals surface area (Å²) in [5.41, 5.74) is 1.93. The highest BCUT2D eigenvalue weighted by atomic mass is 35.5. The van der Waals surface area contributed by atoms with Crippen LogP contribution >= 0.6 is 34.3 Å². The minimum Gasteiger partial charge on any atom is -0.503 e. The van der Waals surface area contributed by atoms with E-state index in [9.17, 15) is 15.0 Å². The van der Waals surface area contributed by atoms with Gasteiger partial charge in [0, 0.05) is 10.9 Å². The predicted molar refractivity (Wildman–Crippen MR) is 122 cm³/mol. The molecule has 4 heterocycles. The molecule has 5 aromatic rings. The molecule has 31 heavy (non-hydrogen) atoms. The molecule has 0 amide bonds. The summed E-state index contributed by atoms with van der Waals surface area (Å²) in [6.45, 7) is 3.44. The topological polar surface area (TPSA) is 88.5 Å². The number of furan rings is 1. The average Bonchev–Trinajstić information content (AvgIpc) is 3.49. The summed E-state index contributed by atoms with van der Waals surface area (Å²) in [4.78, 5) is 18.0. The summed E-state index contributed by atoms with van der Waals surface area (Å²) in [7, 11) is 0. The molecule has 0 saturated carbocycles. The number of thiazole rings is 1. The normalized spacial score (nSPS) is 11.5. The standard InChI is InChI=1S/C22H15ClN2O4S2/c1-10-8-13(11(2)29-10)19(26)16-18(12-6-7-30-9-12)25(21(28)20(16)27)22-24-17-14(23)4-3-5-15(17)31-22/h3-9,27-28H,1-2H3. The molecule has 0 saturated heterocycles. The second kappa shape index (κ2) is 7.26. The Hall–Kier alpha value is -3.07. The molecular weight excluding hydrogens is 456 g/mol. The molecule has 0 aliphatic heterocycles. The van der Waals surface area contributed by atoms with E-state index in [1.54, 1.807) is 26.0 Å². The molecule has 0 unspecified atom stereocenters. The van der Waals surface area contributed by atoms with Crippen molar-refractivity contribution in [3.63, 3.8) is 0 Å². The van der Waals surface area contributed by atoms with Gasteiger partial charge in [0.25, 0.3) is 0 Å². The van der Waals surface area contributed by atoms with Crippen LogP contribution in [0.1, 0.15) is 27.4 Å². The molecule has 5 rings (SSSR count). The van der Waals surface area contributed by atoms with E-state index in [-0.39, 0.29) is 5.56 Å². The smallest absolute Gasteiger partial charge is 0.242 e. The second-order valence-corrected chi connectivity index (χ2v) is 9.18. The van der Waals surface area contributed by atoms with Crippen molar-refractivity contribution in [2.45, 2.75) is 13.8 Å². The fourth-order valence-corrected chi connectivity index (χ4v) is 5.53. The number of nitrogens with zero attached hydrogens (tertiary/aromatic N) is 2. The number of hydrogen-bond donors (Lipinski definition) is 2. The van der Waals surface area contributed by atoms with Crippen molar-refractivity contribution in [2.75, 3.05) is 0 Å². The third-order valence-corrected chi connectivity index (χ3v) is 6.97. The first-order valence-corrected chi connectivity index (χ1v) is 11.4. The Balaban J connectivity index is 1.82. The van der Waals surface area contributed by atoms with Gasteiger partial charge in [0.1, 0.15) is 17.0 Å². The summed E-state index contributed by atoms with van der Waals surface area (Å²) in [6.07, 6.45) is 0. The summed E-state index contributed by atoms with van der Waals surface area (Å²) < 4.78 is 7.72. The predicted octanol–water partition coefficient (Wildman–Crippen LogP) is 6.32. The molecule has 0 bridgehead atoms. The maximum atomic E-state index is 13.5. The van der Waals surface area contributed by atoms with E-state index in [1.165, 1.54) is 27.2 Å². The van der Waals surface area contributed by atoms with Crippen molar-refractivity contribution >= 4 is 50.3 Å². The number of fused-ring (bicyclic) bond motifs is 1. The van der Waals surface area contributed by atoms with Crippen LogP contribution in [0.25, 0.3) is 26.6 Å². The number of para-hydroxylation sites is 1. The van der Waals surface area contributed by atoms with Gasteiger partial charge in [-0.3, -0.25) is 9.36 Å². The molecule has 1 aromatic carbocycles. The van der Waals surface area contributed by atoms with Gasteiger partial charge in [-0.05, 0) is 43.5 Å². The molecule has 0 fully saturated rings. The molecule has 0 aliphatic carbocycles. The first-order chi connectivity index (χ1) is 14.9. The number of ketones is 1. The van der Waals surface area contributed by atoms with Crippen molar-refractivity contribution in [1.29, 1.82) is 0 Å². The number of aryl methyl sites for hydroxylation is 2. The largest absolute Gasteiger partial charge is 0.503 e. The minimum absolute atomic E-state index is 0.00912. The summed E-state index contributed by atoms with van der Waals surface area (Å²) >= 11 is 9.02. The van der Waals surface area contributed by atoms with Gasteiger partial charge < -0.3 is 14.6 Å². The molecule has 0 atom stereocenters. The van der Waals surface area contributed by atoms with Crippen LogP contribution in [0.15, 0.2) is 45.5 Å². The lowest BCUT2D eigenvalue weighted by molar-refractivity contribution is 0.103. The summed E-state index contributed by atoms with van der Waals surface area (Å²) in [5.74, 6) is -0.382. The van der Waals surface area contributed by atoms with Crippen LogP contribution in [0.5, 0.6) is 11.6 Å². The SMILES string of the molecule is Cc1cc(C(=O)c2c(O)c(O)n(-c3nc4c(Cl)cccc4s3)c2-c2ccsc2)c(C)o1. The number of carbonyl (C=O) groups is 1. The fraction of sp³-hybridized carbons (Fsp3) is 0.0909. The molecule has 6 nitrogen and oxygen atoms in total. The number of rotatable bonds is 4. The maximum Gasteiger partial charge on any atom is 0.242 e. The first-order valence-electron chi connectivity index (χ1n) is 9.23. The Labute approximate surface area is 189 Å². The van der Waals surface area contributed by atoms with Crippen molar-refractivity contribution in [1.82, 2.24) is 9.55 Å². The van der Waals surface area contributed by atoms with E-state index in [2.05, 4.69) is 4.98 Å². The molecule has 0 aliphatic rings. The number of thiophene rings is 1. The number of hydrogen-bond acceptors (Lipinski definition) is 7. The number of halogens is 1. The number of aromatic nitrogens is 2.